The third-order valence-corrected chi connectivity index (χ3v) is 5.20. The zero-order valence-corrected chi connectivity index (χ0v) is 13.2. The predicted molar refractivity (Wildman–Crippen MR) is 88.9 cm³/mol. The van der Waals surface area contributed by atoms with Crippen LogP contribution in [0.25, 0.3) is 10.2 Å². The second-order valence-corrected chi connectivity index (χ2v) is 6.61. The summed E-state index contributed by atoms with van der Waals surface area (Å²) in [7, 11) is 0. The molecule has 22 heavy (non-hydrogen) atoms. The van der Waals surface area contributed by atoms with Gasteiger partial charge in [-0.25, -0.2) is 4.98 Å². The highest BCUT2D eigenvalue weighted by atomic mass is 32.1. The van der Waals surface area contributed by atoms with Crippen LogP contribution in [0.15, 0.2) is 36.4 Å². The fourth-order valence-electron chi connectivity index (χ4n) is 2.85. The zero-order chi connectivity index (χ0) is 15.4. The van der Waals surface area contributed by atoms with Crippen LogP contribution in [0.3, 0.4) is 0 Å². The fraction of sp³-hybridized carbons (Fsp3) is 0.412. The van der Waals surface area contributed by atoms with Gasteiger partial charge in [0.25, 0.3) is 0 Å². The number of thiazole rings is 1. The highest BCUT2D eigenvalue weighted by Crippen LogP contribution is 2.38. The summed E-state index contributed by atoms with van der Waals surface area (Å²) < 4.78 is 1.17. The van der Waals surface area contributed by atoms with E-state index in [-0.39, 0.29) is 24.3 Å². The monoisotopic (exact) mass is 316 g/mol. The minimum Gasteiger partial charge on any atom is -0.396 e. The topological polar surface area (TPSA) is 62.2 Å². The van der Waals surface area contributed by atoms with Gasteiger partial charge in [-0.3, -0.25) is 4.79 Å². The number of hydrogen-bond acceptors (Lipinski definition) is 4. The molecule has 0 aliphatic heterocycles. The smallest absolute Gasteiger partial charge is 0.224 e. The number of fused-ring (bicyclic) bond motifs is 1. The molecule has 1 amide bonds. The number of rotatable bonds is 5. The van der Waals surface area contributed by atoms with Gasteiger partial charge in [0, 0.05) is 19.1 Å². The van der Waals surface area contributed by atoms with Crippen molar-refractivity contribution in [2.24, 2.45) is 5.92 Å². The first-order valence-electron chi connectivity index (χ1n) is 7.68. The first-order chi connectivity index (χ1) is 10.8. The van der Waals surface area contributed by atoms with Gasteiger partial charge in [-0.2, -0.15) is 0 Å². The number of hydrogen-bond donors (Lipinski definition) is 2. The van der Waals surface area contributed by atoms with Gasteiger partial charge < -0.3 is 10.4 Å². The molecule has 0 spiro atoms. The average molecular weight is 316 g/mol. The van der Waals surface area contributed by atoms with Crippen molar-refractivity contribution in [1.82, 2.24) is 10.3 Å². The summed E-state index contributed by atoms with van der Waals surface area (Å²) in [5.41, 5.74) is 1.01. The second-order valence-electron chi connectivity index (χ2n) is 5.54. The van der Waals surface area contributed by atoms with E-state index in [1.807, 2.05) is 18.2 Å². The lowest BCUT2D eigenvalue weighted by Gasteiger charge is -2.26. The van der Waals surface area contributed by atoms with E-state index in [0.717, 1.165) is 23.4 Å². The van der Waals surface area contributed by atoms with Crippen molar-refractivity contribution < 1.29 is 9.90 Å². The molecule has 0 saturated heterocycles. The van der Waals surface area contributed by atoms with Crippen LogP contribution in [0.1, 0.15) is 30.2 Å². The van der Waals surface area contributed by atoms with Gasteiger partial charge in [0.2, 0.25) is 5.91 Å². The zero-order valence-electron chi connectivity index (χ0n) is 12.4. The maximum absolute atomic E-state index is 12.4. The Balaban J connectivity index is 1.80. The molecule has 116 valence electrons. The number of nitrogens with one attached hydrogen (secondary N) is 1. The van der Waals surface area contributed by atoms with Crippen LogP contribution in [-0.4, -0.2) is 29.1 Å². The first-order valence-corrected chi connectivity index (χ1v) is 8.50. The summed E-state index contributed by atoms with van der Waals surface area (Å²) in [6.45, 7) is 0.633. The molecule has 2 unspecified atom stereocenters. The minimum atomic E-state index is -0.0655. The summed E-state index contributed by atoms with van der Waals surface area (Å²) in [6, 6.07) is 8.10. The van der Waals surface area contributed by atoms with Crippen LogP contribution in [0.2, 0.25) is 0 Å². The van der Waals surface area contributed by atoms with Gasteiger partial charge in [0.05, 0.1) is 21.1 Å². The molecule has 1 aromatic heterocycles. The van der Waals surface area contributed by atoms with Crippen LogP contribution in [0.5, 0.6) is 0 Å². The number of para-hydroxylation sites is 1. The second kappa shape index (κ2) is 7.03. The lowest BCUT2D eigenvalue weighted by atomic mass is 9.82. The summed E-state index contributed by atoms with van der Waals surface area (Å²) >= 11 is 1.69. The van der Waals surface area contributed by atoms with Gasteiger partial charge in [0.15, 0.2) is 0 Å². The molecule has 3 rings (SSSR count). The number of carbonyl (C=O) groups is 1. The van der Waals surface area contributed by atoms with Crippen molar-refractivity contribution in [2.75, 3.05) is 13.2 Å². The Bertz CT molecular complexity index is 647. The van der Waals surface area contributed by atoms with E-state index in [4.69, 9.17) is 10.1 Å². The molecule has 2 N–H and O–H groups in total. The number of allylic oxidation sites excluding steroid dienone is 2. The maximum Gasteiger partial charge on any atom is 0.224 e. The average Bonchev–Trinajstić information content (AvgIpc) is 2.99. The van der Waals surface area contributed by atoms with Gasteiger partial charge >= 0.3 is 0 Å². The Morgan fingerprint density at radius 3 is 2.95 bits per heavy atom. The van der Waals surface area contributed by atoms with E-state index in [2.05, 4.69) is 23.5 Å². The highest BCUT2D eigenvalue weighted by Gasteiger charge is 2.32. The van der Waals surface area contributed by atoms with Crippen LogP contribution in [0.4, 0.5) is 0 Å². The van der Waals surface area contributed by atoms with Gasteiger partial charge in [0.1, 0.15) is 0 Å². The van der Waals surface area contributed by atoms with E-state index in [0.29, 0.717) is 13.0 Å². The third-order valence-electron chi connectivity index (χ3n) is 4.03. The van der Waals surface area contributed by atoms with E-state index in [1.165, 1.54) is 4.70 Å². The Morgan fingerprint density at radius 2 is 2.14 bits per heavy atom. The highest BCUT2D eigenvalue weighted by molar-refractivity contribution is 7.18. The van der Waals surface area contributed by atoms with Gasteiger partial charge in [-0.05, 0) is 31.4 Å². The van der Waals surface area contributed by atoms with E-state index >= 15 is 0 Å². The third kappa shape index (κ3) is 3.20. The molecule has 2 aromatic rings. The van der Waals surface area contributed by atoms with Crippen molar-refractivity contribution in [2.45, 2.75) is 25.2 Å². The summed E-state index contributed by atoms with van der Waals surface area (Å²) in [6.07, 6.45) is 6.44. The predicted octanol–water partition coefficient (Wildman–Crippen LogP) is 2.84. The van der Waals surface area contributed by atoms with Crippen LogP contribution >= 0.6 is 11.3 Å². The van der Waals surface area contributed by atoms with Crippen molar-refractivity contribution in [3.8, 4) is 0 Å². The molecule has 5 heteroatoms. The summed E-state index contributed by atoms with van der Waals surface area (Å²) in [5.74, 6) is 0.155. The molecule has 1 aromatic carbocycles. The molecule has 2 atom stereocenters. The van der Waals surface area contributed by atoms with Crippen LogP contribution < -0.4 is 5.32 Å². The standard InChI is InChI=1S/C17H20N2O2S/c20-11-5-10-18-16(21)12-6-1-2-7-13(12)17-19-14-8-3-4-9-15(14)22-17/h1-4,8-9,12-13,20H,5-7,10-11H2,(H,18,21). The molecule has 0 saturated carbocycles. The van der Waals surface area contributed by atoms with Crippen molar-refractivity contribution in [1.29, 1.82) is 0 Å². The fourth-order valence-corrected chi connectivity index (χ4v) is 3.99. The Morgan fingerprint density at radius 1 is 1.32 bits per heavy atom. The number of nitrogens with zero attached hydrogens (tertiary/aromatic N) is 1. The van der Waals surface area contributed by atoms with E-state index in [1.54, 1.807) is 11.3 Å². The number of aromatic nitrogens is 1. The van der Waals surface area contributed by atoms with Crippen molar-refractivity contribution >= 4 is 27.5 Å². The van der Waals surface area contributed by atoms with Crippen LogP contribution in [0, 0.1) is 5.92 Å². The number of carbonyl (C=O) groups excluding carboxylic acids is 1. The molecule has 0 radical (unpaired) electrons. The Labute approximate surface area is 133 Å². The number of aliphatic hydroxyl groups excluding tert-OH is 1. The molecule has 4 nitrogen and oxygen atoms in total. The largest absolute Gasteiger partial charge is 0.396 e. The van der Waals surface area contributed by atoms with Crippen molar-refractivity contribution in [3.63, 3.8) is 0 Å². The lowest BCUT2D eigenvalue weighted by Crippen LogP contribution is -2.35. The molecular formula is C17H20N2O2S. The minimum absolute atomic E-state index is 0.0655. The molecule has 0 bridgehead atoms. The first kappa shape index (κ1) is 15.2. The number of aliphatic hydroxyl groups is 1. The summed E-state index contributed by atoms with van der Waals surface area (Å²) in [4.78, 5) is 17.2. The quantitative estimate of drug-likeness (QED) is 0.658. The van der Waals surface area contributed by atoms with Crippen molar-refractivity contribution in [3.05, 3.63) is 41.4 Å². The maximum atomic E-state index is 12.4. The normalized spacial score (nSPS) is 21.1. The SMILES string of the molecule is O=C(NCCCO)C1CC=CCC1c1nc2ccccc2s1. The summed E-state index contributed by atoms with van der Waals surface area (Å²) in [5, 5.41) is 12.8. The Hall–Kier alpha value is -1.72. The molecule has 1 heterocycles. The van der Waals surface area contributed by atoms with E-state index < -0.39 is 0 Å². The molecular weight excluding hydrogens is 296 g/mol. The molecule has 1 aliphatic carbocycles. The van der Waals surface area contributed by atoms with Gasteiger partial charge in [-0.1, -0.05) is 24.3 Å². The molecule has 1 aliphatic rings. The lowest BCUT2D eigenvalue weighted by molar-refractivity contribution is -0.125. The van der Waals surface area contributed by atoms with E-state index in [9.17, 15) is 4.79 Å². The Kier molecular flexibility index (Phi) is 4.85. The number of amides is 1. The van der Waals surface area contributed by atoms with Crippen LogP contribution in [-0.2, 0) is 4.79 Å². The number of benzene rings is 1. The molecule has 0 fully saturated rings. The van der Waals surface area contributed by atoms with Gasteiger partial charge in [-0.15, -0.1) is 11.3 Å².